The number of ether oxygens (including phenoxy) is 1. The highest BCUT2D eigenvalue weighted by Crippen LogP contribution is 2.37. The second-order valence-corrected chi connectivity index (χ2v) is 24.3. The number of amidine groups is 1. The van der Waals surface area contributed by atoms with E-state index >= 15 is 0 Å². The monoisotopic (exact) mass is 1300 g/mol. The van der Waals surface area contributed by atoms with E-state index in [-0.39, 0.29) is 116 Å². The lowest BCUT2D eigenvalue weighted by atomic mass is 9.94. The van der Waals surface area contributed by atoms with E-state index in [0.717, 1.165) is 0 Å². The Morgan fingerprint density at radius 2 is 1.10 bits per heavy atom. The minimum atomic E-state index is -0.748. The van der Waals surface area contributed by atoms with E-state index in [2.05, 4.69) is 45.9 Å². The molecular weight excluding hydrogens is 1230 g/mol. The summed E-state index contributed by atoms with van der Waals surface area (Å²) in [6.07, 6.45) is 8.65. The van der Waals surface area contributed by atoms with E-state index in [4.69, 9.17) is 39.4 Å². The number of nitrogens with zero attached hydrogens (tertiary/aromatic N) is 10. The molecule has 8 rings (SSSR count). The molecule has 9 N–H and O–H groups in total. The first kappa shape index (κ1) is 70.6. The number of rotatable bonds is 22. The maximum atomic E-state index is 13.4. The lowest BCUT2D eigenvalue weighted by molar-refractivity contribution is -0.125. The molecule has 87 heavy (non-hydrogen) atoms. The third kappa shape index (κ3) is 19.7. The van der Waals surface area contributed by atoms with Crippen LogP contribution in [0.25, 0.3) is 11.3 Å². The molecule has 0 spiro atoms. The molecule has 5 amide bonds. The molecule has 0 saturated carbocycles. The summed E-state index contributed by atoms with van der Waals surface area (Å²) in [6.45, 7) is 8.14. The van der Waals surface area contributed by atoms with Gasteiger partial charge < -0.3 is 55.7 Å². The summed E-state index contributed by atoms with van der Waals surface area (Å²) in [7, 11) is 3.07. The molecule has 30 heteroatoms. The number of Topliss-reactive ketones (excluding diaryl/α,β-unsaturated/α-hetero) is 2. The molecule has 2 fully saturated rings. The van der Waals surface area contributed by atoms with Crippen molar-refractivity contribution in [3.05, 3.63) is 103 Å². The second-order valence-electron chi connectivity index (χ2n) is 21.6. The van der Waals surface area contributed by atoms with Gasteiger partial charge in [0, 0.05) is 113 Å². The fourth-order valence-electron chi connectivity index (χ4n) is 9.78. The predicted molar refractivity (Wildman–Crippen MR) is 336 cm³/mol. The first-order valence-corrected chi connectivity index (χ1v) is 30.1. The number of guanidine groups is 1. The summed E-state index contributed by atoms with van der Waals surface area (Å²) in [5.74, 6) is -2.31. The van der Waals surface area contributed by atoms with E-state index in [9.17, 15) is 43.8 Å². The van der Waals surface area contributed by atoms with Crippen LogP contribution >= 0.6 is 58.3 Å². The molecule has 0 radical (unpaired) electrons. The van der Waals surface area contributed by atoms with Gasteiger partial charge >= 0.3 is 6.09 Å². The van der Waals surface area contributed by atoms with Gasteiger partial charge in [-0.15, -0.1) is 35.1 Å². The highest BCUT2D eigenvalue weighted by molar-refractivity contribution is 7.10. The zero-order valence-electron chi connectivity index (χ0n) is 48.4. The molecule has 0 bridgehead atoms. The number of aliphatic hydroxyl groups excluding tert-OH is 2. The number of hydrogen-bond donors (Lipinski definition) is 7. The summed E-state index contributed by atoms with van der Waals surface area (Å²) >= 11 is 14.6. The van der Waals surface area contributed by atoms with E-state index in [0.29, 0.717) is 95.2 Å². The van der Waals surface area contributed by atoms with Gasteiger partial charge in [-0.05, 0) is 77.6 Å². The Morgan fingerprint density at radius 1 is 0.678 bits per heavy atom. The first-order chi connectivity index (χ1) is 40.4. The number of alkyl carbamates (subject to hydrolysis) is 1. The van der Waals surface area contributed by atoms with Gasteiger partial charge in [-0.2, -0.15) is 0 Å². The Morgan fingerprint density at radius 3 is 1.51 bits per heavy atom. The highest BCUT2D eigenvalue weighted by Gasteiger charge is 2.40. The summed E-state index contributed by atoms with van der Waals surface area (Å²) in [5.41, 5.74) is 12.1. The Hall–Kier alpha value is -7.14. The SMILES string of the molecule is C.CNC(=O)[C@H](CCCCN=C(C)NC(=O)OC(C)(C)C)CC(=O)c1csc([C@H]2C[C@H](O)CN2C(=O)c2cn3cc(Cl)ccc3n2)n1.CNC(=O)[C@H](CCCCN=C(N)N)CC(=O)c1csc([C@H]2C[C@H](O)CN2C(=O)c2cn3cc(Cl)ccc3n2)n1.Cl. The van der Waals surface area contributed by atoms with Crippen molar-refractivity contribution >= 4 is 123 Å². The van der Waals surface area contributed by atoms with Crippen molar-refractivity contribution in [3.63, 3.8) is 0 Å². The lowest BCUT2D eigenvalue weighted by Gasteiger charge is -2.21. The predicted octanol–water partition coefficient (Wildman–Crippen LogP) is 7.27. The van der Waals surface area contributed by atoms with Gasteiger partial charge in [0.1, 0.15) is 55.5 Å². The number of carbonyl (C=O) groups excluding carboxylic acids is 7. The maximum Gasteiger partial charge on any atom is 0.413 e. The van der Waals surface area contributed by atoms with Crippen LogP contribution < -0.4 is 27.4 Å². The van der Waals surface area contributed by atoms with Crippen LogP contribution in [-0.4, -0.2) is 160 Å². The molecule has 6 aromatic heterocycles. The average Bonchev–Trinajstić information content (AvgIpc) is 1.87. The number of likely N-dealkylation sites (tertiary alicyclic amines) is 2. The number of carbonyl (C=O) groups is 7. The molecule has 2 saturated heterocycles. The molecule has 25 nitrogen and oxygen atoms in total. The summed E-state index contributed by atoms with van der Waals surface area (Å²) in [6, 6.07) is 5.78. The molecule has 0 unspecified atom stereocenters. The van der Waals surface area contributed by atoms with Gasteiger partial charge in [-0.3, -0.25) is 44.1 Å². The maximum absolute atomic E-state index is 13.4. The fraction of sp³-hybridized carbons (Fsp3) is 0.491. The topological polar surface area (TPSA) is 349 Å². The second kappa shape index (κ2) is 32.2. The van der Waals surface area contributed by atoms with Crippen molar-refractivity contribution in [3.8, 4) is 0 Å². The van der Waals surface area contributed by atoms with Crippen LogP contribution in [0.4, 0.5) is 4.79 Å². The molecule has 2 aliphatic heterocycles. The molecule has 2 aliphatic rings. The van der Waals surface area contributed by atoms with Gasteiger partial charge in [-0.25, -0.2) is 24.7 Å². The number of β-amino-alcohol motifs (C(OH)–C–C–N with tert-alkyl or cyclic N) is 2. The number of unbranched alkanes of at least 4 members (excludes halogenated alkanes) is 2. The van der Waals surface area contributed by atoms with Crippen molar-refractivity contribution < 1.29 is 48.5 Å². The molecule has 0 aliphatic carbocycles. The van der Waals surface area contributed by atoms with Crippen molar-refractivity contribution in [1.29, 1.82) is 0 Å². The Bertz CT molecular complexity index is 3450. The number of aromatic nitrogens is 6. The average molecular weight is 1300 g/mol. The zero-order valence-corrected chi connectivity index (χ0v) is 52.4. The van der Waals surface area contributed by atoms with Gasteiger partial charge in [0.05, 0.1) is 34.3 Å². The minimum absolute atomic E-state index is 0. The first-order valence-electron chi connectivity index (χ1n) is 27.6. The number of ketones is 2. The quantitative estimate of drug-likeness (QED) is 0.0152. The smallest absolute Gasteiger partial charge is 0.413 e. The normalized spacial score (nSPS) is 17.3. The van der Waals surface area contributed by atoms with Crippen LogP contribution in [0.2, 0.25) is 10.0 Å². The van der Waals surface area contributed by atoms with E-state index in [1.807, 2.05) is 0 Å². The van der Waals surface area contributed by atoms with Crippen molar-refractivity contribution in [2.75, 3.05) is 40.3 Å². The molecular formula is C57H76Cl3N15O10S2. The third-order valence-electron chi connectivity index (χ3n) is 13.9. The zero-order chi connectivity index (χ0) is 61.7. The molecule has 6 atom stereocenters. The third-order valence-corrected chi connectivity index (χ3v) is 16.2. The molecule has 472 valence electrons. The van der Waals surface area contributed by atoms with Crippen molar-refractivity contribution in [2.24, 2.45) is 33.3 Å². The fourth-order valence-corrected chi connectivity index (χ4v) is 12.0. The number of halogens is 3. The van der Waals surface area contributed by atoms with Crippen LogP contribution in [0.1, 0.15) is 163 Å². The Balaban J connectivity index is 0.000000314. The molecule has 0 aromatic carbocycles. The van der Waals surface area contributed by atoms with Crippen LogP contribution in [0.5, 0.6) is 0 Å². The molecule has 8 heterocycles. The van der Waals surface area contributed by atoms with Crippen molar-refractivity contribution in [2.45, 2.75) is 129 Å². The van der Waals surface area contributed by atoms with Gasteiger partial charge in [0.15, 0.2) is 17.5 Å². The summed E-state index contributed by atoms with van der Waals surface area (Å²) < 4.78 is 8.55. The van der Waals surface area contributed by atoms with Crippen molar-refractivity contribution in [1.82, 2.24) is 54.5 Å². The largest absolute Gasteiger partial charge is 0.444 e. The number of imidazole rings is 2. The van der Waals surface area contributed by atoms with Gasteiger partial charge in [0.2, 0.25) is 11.8 Å². The van der Waals surface area contributed by atoms with E-state index in [1.54, 1.807) is 96.3 Å². The van der Waals surface area contributed by atoms with E-state index in [1.165, 1.54) is 46.6 Å². The number of nitrogens with one attached hydrogen (secondary N) is 3. The lowest BCUT2D eigenvalue weighted by Crippen LogP contribution is -2.35. The Labute approximate surface area is 528 Å². The van der Waals surface area contributed by atoms with Gasteiger partial charge in [0.25, 0.3) is 11.8 Å². The van der Waals surface area contributed by atoms with Crippen LogP contribution in [0.15, 0.2) is 69.8 Å². The number of aliphatic hydroxyl groups is 2. The van der Waals surface area contributed by atoms with Crippen LogP contribution in [-0.2, 0) is 14.3 Å². The number of amides is 5. The summed E-state index contributed by atoms with van der Waals surface area (Å²) in [5, 5.41) is 34.0. The standard InChI is InChI=1S/C31H40ClN7O6S.C25H31ClN8O4S.CH4.ClH/c1-18(35-30(44)45-31(2,3)4)34-11-7-6-8-19(27(42)33-5)12-25(41)23-17-46-28(37-23)24-13-21(40)15-39(24)29(43)22-16-38-14-20(32)9-10-26(38)36-22;1-29-22(37)14(4-2-3-7-30-25(27)28)8-20(36)18-13-39-23(32-18)19-9-16(35)11-34(19)24(38)17-12-33-10-15(26)5-6-21(33)31-17;;/h9-10,14,16-17,19,21,24,40H,6-8,11-13,15H2,1-5H3,(H,33,42)(H,34,35,44);5-6,10,12-14,16,19,35H,2-4,7-9,11H2,1H3,(H,29,37)(H4,27,28,30);1H4;1H/t19-,21+,24-;14-,16+,19-;;/m11../s1. The van der Waals surface area contributed by atoms with Gasteiger partial charge in [-0.1, -0.05) is 43.5 Å². The Kier molecular flexibility index (Phi) is 26.1. The van der Waals surface area contributed by atoms with Crippen LogP contribution in [0, 0.1) is 11.8 Å². The number of nitrogens with two attached hydrogens (primary N) is 2. The highest BCUT2D eigenvalue weighted by atomic mass is 35.5. The number of hydrogen-bond acceptors (Lipinski definition) is 18. The number of aliphatic imine (C=N–C) groups is 2. The molecule has 6 aromatic rings. The summed E-state index contributed by atoms with van der Waals surface area (Å²) in [4.78, 5) is 119. The number of fused-ring (bicyclic) bond motifs is 2. The number of pyridine rings is 2. The number of thiazole rings is 2. The van der Waals surface area contributed by atoms with Crippen LogP contribution in [0.3, 0.4) is 0 Å². The minimum Gasteiger partial charge on any atom is -0.444 e. The van der Waals surface area contributed by atoms with E-state index < -0.39 is 47.8 Å².